The highest BCUT2D eigenvalue weighted by Crippen LogP contribution is 2.16. The smallest absolute Gasteiger partial charge is 0.339 e. The fourth-order valence-electron chi connectivity index (χ4n) is 2.04. The summed E-state index contributed by atoms with van der Waals surface area (Å²) in [4.78, 5) is 24.4. The van der Waals surface area contributed by atoms with Crippen LogP contribution in [0.15, 0.2) is 24.3 Å². The molecular weight excluding hydrogens is 280 g/mol. The van der Waals surface area contributed by atoms with Crippen LogP contribution >= 0.6 is 0 Å². The zero-order chi connectivity index (χ0) is 16.5. The van der Waals surface area contributed by atoms with E-state index < -0.39 is 11.9 Å². The molecule has 4 nitrogen and oxygen atoms in total. The van der Waals surface area contributed by atoms with E-state index in [1.54, 1.807) is 24.3 Å². The third-order valence-corrected chi connectivity index (χ3v) is 3.25. The van der Waals surface area contributed by atoms with Crippen LogP contribution in [-0.2, 0) is 9.47 Å². The molecule has 0 radical (unpaired) electrons. The van der Waals surface area contributed by atoms with Crippen molar-refractivity contribution in [3.8, 4) is 0 Å². The minimum absolute atomic E-state index is 0.114. The maximum absolute atomic E-state index is 12.3. The number of esters is 2. The molecule has 0 amide bonds. The van der Waals surface area contributed by atoms with E-state index in [1.807, 2.05) is 27.7 Å². The second kappa shape index (κ2) is 9.23. The van der Waals surface area contributed by atoms with E-state index in [-0.39, 0.29) is 23.1 Å². The van der Waals surface area contributed by atoms with Gasteiger partial charge in [-0.1, -0.05) is 46.2 Å². The van der Waals surface area contributed by atoms with Crippen molar-refractivity contribution in [3.63, 3.8) is 0 Å². The number of hydrogen-bond donors (Lipinski definition) is 0. The Labute approximate surface area is 132 Å². The fraction of sp³-hybridized carbons (Fsp3) is 0.556. The van der Waals surface area contributed by atoms with Crippen LogP contribution in [0.4, 0.5) is 0 Å². The first kappa shape index (κ1) is 18.2. The van der Waals surface area contributed by atoms with Gasteiger partial charge in [-0.15, -0.1) is 0 Å². The lowest BCUT2D eigenvalue weighted by Gasteiger charge is -2.16. The first-order valence-electron chi connectivity index (χ1n) is 7.96. The number of carbonyl (C=O) groups excluding carboxylic acids is 2. The van der Waals surface area contributed by atoms with Gasteiger partial charge in [-0.25, -0.2) is 9.59 Å². The molecule has 0 aliphatic rings. The monoisotopic (exact) mass is 306 g/mol. The van der Waals surface area contributed by atoms with Gasteiger partial charge in [-0.3, -0.25) is 0 Å². The van der Waals surface area contributed by atoms with E-state index in [4.69, 9.17) is 9.47 Å². The van der Waals surface area contributed by atoms with Gasteiger partial charge >= 0.3 is 11.9 Å². The number of ether oxygens (including phenoxy) is 2. The Bertz CT molecular complexity index is 494. The Kier molecular flexibility index (Phi) is 7.64. The van der Waals surface area contributed by atoms with Crippen LogP contribution in [0, 0.1) is 5.92 Å². The highest BCUT2D eigenvalue weighted by atomic mass is 16.5. The van der Waals surface area contributed by atoms with Crippen LogP contribution in [-0.4, -0.2) is 24.6 Å². The van der Waals surface area contributed by atoms with Gasteiger partial charge in [-0.05, 0) is 30.9 Å². The quantitative estimate of drug-likeness (QED) is 0.674. The van der Waals surface area contributed by atoms with Crippen molar-refractivity contribution < 1.29 is 19.1 Å². The van der Waals surface area contributed by atoms with Crippen LogP contribution in [0.3, 0.4) is 0 Å². The van der Waals surface area contributed by atoms with E-state index in [0.29, 0.717) is 6.61 Å². The van der Waals surface area contributed by atoms with Gasteiger partial charge in [0.05, 0.1) is 17.7 Å². The molecule has 22 heavy (non-hydrogen) atoms. The van der Waals surface area contributed by atoms with Crippen LogP contribution in [0.25, 0.3) is 0 Å². The Morgan fingerprint density at radius 1 is 1.05 bits per heavy atom. The summed E-state index contributed by atoms with van der Waals surface area (Å²) in [5, 5.41) is 0. The molecule has 1 atom stereocenters. The van der Waals surface area contributed by atoms with Gasteiger partial charge in [-0.2, -0.15) is 0 Å². The summed E-state index contributed by atoms with van der Waals surface area (Å²) in [5.41, 5.74) is 0.533. The molecule has 0 spiro atoms. The summed E-state index contributed by atoms with van der Waals surface area (Å²) >= 11 is 0. The molecule has 4 heteroatoms. The van der Waals surface area contributed by atoms with E-state index in [1.165, 1.54) is 0 Å². The number of hydrogen-bond acceptors (Lipinski definition) is 4. The summed E-state index contributed by atoms with van der Waals surface area (Å²) in [6.07, 6.45) is 2.42. The summed E-state index contributed by atoms with van der Waals surface area (Å²) < 4.78 is 10.7. The number of rotatable bonds is 8. The lowest BCUT2D eigenvalue weighted by molar-refractivity contribution is 0.0260. The molecule has 0 saturated heterocycles. The lowest BCUT2D eigenvalue weighted by atomic mass is 10.1. The SMILES string of the molecule is CCCC(CC)OC(=O)c1ccccc1C(=O)OCC(C)C. The molecule has 0 aromatic heterocycles. The van der Waals surface area contributed by atoms with Crippen molar-refractivity contribution >= 4 is 11.9 Å². The van der Waals surface area contributed by atoms with Crippen molar-refractivity contribution in [3.05, 3.63) is 35.4 Å². The Hall–Kier alpha value is -1.84. The van der Waals surface area contributed by atoms with Crippen LogP contribution < -0.4 is 0 Å². The van der Waals surface area contributed by atoms with E-state index >= 15 is 0 Å². The predicted octanol–water partition coefficient (Wildman–Crippen LogP) is 4.23. The largest absolute Gasteiger partial charge is 0.462 e. The third kappa shape index (κ3) is 5.51. The number of carbonyl (C=O) groups is 2. The summed E-state index contributed by atoms with van der Waals surface area (Å²) in [6, 6.07) is 6.63. The highest BCUT2D eigenvalue weighted by Gasteiger charge is 2.21. The van der Waals surface area contributed by atoms with Crippen molar-refractivity contribution in [1.82, 2.24) is 0 Å². The zero-order valence-corrected chi connectivity index (χ0v) is 13.9. The van der Waals surface area contributed by atoms with E-state index in [2.05, 4.69) is 0 Å². The topological polar surface area (TPSA) is 52.6 Å². The fourth-order valence-corrected chi connectivity index (χ4v) is 2.04. The minimum Gasteiger partial charge on any atom is -0.462 e. The van der Waals surface area contributed by atoms with Crippen molar-refractivity contribution in [2.75, 3.05) is 6.61 Å². The Morgan fingerprint density at radius 3 is 2.14 bits per heavy atom. The second-order valence-electron chi connectivity index (χ2n) is 5.76. The van der Waals surface area contributed by atoms with Crippen molar-refractivity contribution in [2.24, 2.45) is 5.92 Å². The Balaban J connectivity index is 2.86. The Morgan fingerprint density at radius 2 is 1.64 bits per heavy atom. The second-order valence-corrected chi connectivity index (χ2v) is 5.76. The number of benzene rings is 1. The first-order valence-corrected chi connectivity index (χ1v) is 7.96. The molecule has 0 fully saturated rings. The van der Waals surface area contributed by atoms with E-state index in [9.17, 15) is 9.59 Å². The minimum atomic E-state index is -0.482. The molecule has 1 aromatic rings. The van der Waals surface area contributed by atoms with Gasteiger partial charge in [0.1, 0.15) is 6.10 Å². The molecule has 0 saturated carbocycles. The van der Waals surface area contributed by atoms with Crippen LogP contribution in [0.1, 0.15) is 67.7 Å². The van der Waals surface area contributed by atoms with Crippen molar-refractivity contribution in [2.45, 2.75) is 53.1 Å². The van der Waals surface area contributed by atoms with Crippen LogP contribution in [0.5, 0.6) is 0 Å². The average molecular weight is 306 g/mol. The maximum atomic E-state index is 12.3. The maximum Gasteiger partial charge on any atom is 0.339 e. The molecule has 0 aliphatic heterocycles. The molecule has 0 N–H and O–H groups in total. The molecule has 0 bridgehead atoms. The third-order valence-electron chi connectivity index (χ3n) is 3.25. The van der Waals surface area contributed by atoms with E-state index in [0.717, 1.165) is 19.3 Å². The summed E-state index contributed by atoms with van der Waals surface area (Å²) in [6.45, 7) is 8.29. The van der Waals surface area contributed by atoms with Crippen molar-refractivity contribution in [1.29, 1.82) is 0 Å². The molecule has 1 rings (SSSR count). The van der Waals surface area contributed by atoms with Gasteiger partial charge in [0.15, 0.2) is 0 Å². The summed E-state index contributed by atoms with van der Waals surface area (Å²) in [7, 11) is 0. The van der Waals surface area contributed by atoms with Gasteiger partial charge in [0.2, 0.25) is 0 Å². The first-order chi connectivity index (χ1) is 10.5. The predicted molar refractivity (Wildman–Crippen MR) is 86.0 cm³/mol. The zero-order valence-electron chi connectivity index (χ0n) is 13.9. The van der Waals surface area contributed by atoms with Crippen LogP contribution in [0.2, 0.25) is 0 Å². The molecular formula is C18H26O4. The molecule has 122 valence electrons. The van der Waals surface area contributed by atoms with Gasteiger partial charge in [0, 0.05) is 0 Å². The van der Waals surface area contributed by atoms with Gasteiger partial charge in [0.25, 0.3) is 0 Å². The molecule has 0 aliphatic carbocycles. The molecule has 1 unspecified atom stereocenters. The standard InChI is InChI=1S/C18H26O4/c1-5-9-14(6-2)22-18(20)16-11-8-7-10-15(16)17(19)21-12-13(3)4/h7-8,10-11,13-14H,5-6,9,12H2,1-4H3. The molecule has 1 aromatic carbocycles. The lowest BCUT2D eigenvalue weighted by Crippen LogP contribution is -2.20. The van der Waals surface area contributed by atoms with Gasteiger partial charge < -0.3 is 9.47 Å². The average Bonchev–Trinajstić information content (AvgIpc) is 2.51. The normalized spacial score (nSPS) is 12.0. The highest BCUT2D eigenvalue weighted by molar-refractivity contribution is 6.03. The summed E-state index contributed by atoms with van der Waals surface area (Å²) in [5.74, 6) is -0.695. The molecule has 0 heterocycles.